The Labute approximate surface area is 196 Å². The highest BCUT2D eigenvalue weighted by Crippen LogP contribution is 2.40. The van der Waals surface area contributed by atoms with Gasteiger partial charge >= 0.3 is 0 Å². The number of sulfone groups is 1. The Bertz CT molecular complexity index is 1250. The molecule has 0 aliphatic carbocycles. The molecule has 4 nitrogen and oxygen atoms in total. The van der Waals surface area contributed by atoms with Crippen molar-refractivity contribution < 1.29 is 13.2 Å². The van der Waals surface area contributed by atoms with E-state index in [2.05, 4.69) is 37.2 Å². The zero-order chi connectivity index (χ0) is 21.3. The lowest BCUT2D eigenvalue weighted by Gasteiger charge is -2.19. The molecule has 1 aliphatic rings. The first-order chi connectivity index (χ1) is 14.3. The lowest BCUT2D eigenvalue weighted by molar-refractivity contribution is -0.112. The number of fused-ring (bicyclic) bond motifs is 1. The molecule has 30 heavy (non-hydrogen) atoms. The fraction of sp³-hybridized carbons (Fsp3) is 0.0455. The number of halogens is 2. The Kier molecular flexibility index (Phi) is 6.20. The van der Waals surface area contributed by atoms with E-state index >= 15 is 0 Å². The maximum atomic E-state index is 13.0. The largest absolute Gasteiger partial charge is 0.320 e. The molecule has 3 aromatic rings. The molecule has 0 bridgehead atoms. The van der Waals surface area contributed by atoms with Crippen LogP contribution in [0.2, 0.25) is 0 Å². The number of carbonyl (C=O) groups excluding carboxylic acids is 1. The highest BCUT2D eigenvalue weighted by Gasteiger charge is 2.25. The van der Waals surface area contributed by atoms with E-state index in [1.165, 1.54) is 17.8 Å². The minimum atomic E-state index is -3.61. The Morgan fingerprint density at radius 3 is 2.33 bits per heavy atom. The van der Waals surface area contributed by atoms with E-state index in [-0.39, 0.29) is 16.6 Å². The third-order valence-corrected chi connectivity index (χ3v) is 8.72. The van der Waals surface area contributed by atoms with Gasteiger partial charge in [0.25, 0.3) is 5.91 Å². The average molecular weight is 565 g/mol. The zero-order valence-electron chi connectivity index (χ0n) is 15.4. The van der Waals surface area contributed by atoms with Gasteiger partial charge in [-0.25, -0.2) is 8.42 Å². The molecule has 0 radical (unpaired) electrons. The van der Waals surface area contributed by atoms with Crippen LogP contribution in [0, 0.1) is 0 Å². The molecule has 4 rings (SSSR count). The summed E-state index contributed by atoms with van der Waals surface area (Å²) in [4.78, 5) is 14.1. The number of carbonyl (C=O) groups is 1. The zero-order valence-corrected chi connectivity index (χ0v) is 20.2. The molecule has 152 valence electrons. The fourth-order valence-corrected chi connectivity index (χ4v) is 6.99. The van der Waals surface area contributed by atoms with Crippen LogP contribution in [-0.4, -0.2) is 14.3 Å². The molecule has 0 saturated carbocycles. The van der Waals surface area contributed by atoms with E-state index in [0.717, 1.165) is 19.4 Å². The maximum Gasteiger partial charge on any atom is 0.262 e. The summed E-state index contributed by atoms with van der Waals surface area (Å²) in [5, 5.41) is 2.82. The molecule has 0 fully saturated rings. The number of amides is 1. The fourth-order valence-electron chi connectivity index (χ4n) is 2.98. The maximum absolute atomic E-state index is 13.0. The number of anilines is 1. The summed E-state index contributed by atoms with van der Waals surface area (Å²) in [5.41, 5.74) is 2.08. The van der Waals surface area contributed by atoms with Crippen molar-refractivity contribution in [2.45, 2.75) is 15.5 Å². The first-order valence-electron chi connectivity index (χ1n) is 8.89. The summed E-state index contributed by atoms with van der Waals surface area (Å²) in [6, 6.07) is 19.9. The molecule has 1 N–H and O–H groups in total. The highest BCUT2D eigenvalue weighted by atomic mass is 79.9. The van der Waals surface area contributed by atoms with Crippen molar-refractivity contribution in [3.05, 3.63) is 91.7 Å². The molecular formula is C22H15Br2NO3S2. The second-order valence-corrected chi connectivity index (χ2v) is 11.4. The van der Waals surface area contributed by atoms with Gasteiger partial charge in [-0.3, -0.25) is 4.79 Å². The molecule has 8 heteroatoms. The second kappa shape index (κ2) is 8.70. The third kappa shape index (κ3) is 4.56. The van der Waals surface area contributed by atoms with Gasteiger partial charge in [-0.15, -0.1) is 0 Å². The lowest BCUT2D eigenvalue weighted by atomic mass is 10.2. The predicted molar refractivity (Wildman–Crippen MR) is 128 cm³/mol. The SMILES string of the molecule is O=C1Nc2cc(S(=O)(=O)Cc3c(Br)cccc3Br)ccc2S/C1=C/c1ccccc1. The van der Waals surface area contributed by atoms with E-state index in [9.17, 15) is 13.2 Å². The van der Waals surface area contributed by atoms with Crippen LogP contribution >= 0.6 is 43.6 Å². The van der Waals surface area contributed by atoms with Gasteiger partial charge in [0.1, 0.15) is 0 Å². The van der Waals surface area contributed by atoms with Crippen molar-refractivity contribution in [3.8, 4) is 0 Å². The first kappa shape index (κ1) is 21.4. The van der Waals surface area contributed by atoms with Crippen LogP contribution in [0.1, 0.15) is 11.1 Å². The molecule has 1 heterocycles. The number of nitrogens with one attached hydrogen (secondary N) is 1. The number of thioether (sulfide) groups is 1. The number of rotatable bonds is 4. The Balaban J connectivity index is 1.63. The molecule has 0 aromatic heterocycles. The highest BCUT2D eigenvalue weighted by molar-refractivity contribution is 9.11. The van der Waals surface area contributed by atoms with E-state index in [1.54, 1.807) is 24.3 Å². The van der Waals surface area contributed by atoms with Gasteiger partial charge in [0.15, 0.2) is 9.84 Å². The van der Waals surface area contributed by atoms with Gasteiger partial charge in [-0.05, 0) is 47.5 Å². The van der Waals surface area contributed by atoms with E-state index in [0.29, 0.717) is 16.2 Å². The van der Waals surface area contributed by atoms with Crippen LogP contribution in [0.4, 0.5) is 5.69 Å². The van der Waals surface area contributed by atoms with Crippen LogP contribution in [0.15, 0.2) is 90.4 Å². The minimum absolute atomic E-state index is 0.159. The van der Waals surface area contributed by atoms with Crippen LogP contribution in [0.25, 0.3) is 6.08 Å². The Morgan fingerprint density at radius 1 is 0.933 bits per heavy atom. The standard InChI is InChI=1S/C22H15Br2NO3S2/c23-17-7-4-8-18(24)16(17)13-30(27,28)15-9-10-20-19(12-15)25-22(26)21(29-20)11-14-5-2-1-3-6-14/h1-12H,13H2,(H,25,26)/b21-11+. The van der Waals surface area contributed by atoms with Gasteiger partial charge in [0.2, 0.25) is 0 Å². The van der Waals surface area contributed by atoms with Crippen molar-refractivity contribution >= 4 is 71.1 Å². The van der Waals surface area contributed by atoms with Crippen molar-refractivity contribution in [2.75, 3.05) is 5.32 Å². The topological polar surface area (TPSA) is 63.2 Å². The van der Waals surface area contributed by atoms with Crippen LogP contribution in [-0.2, 0) is 20.4 Å². The number of benzene rings is 3. The van der Waals surface area contributed by atoms with Crippen molar-refractivity contribution in [3.63, 3.8) is 0 Å². The van der Waals surface area contributed by atoms with Crippen molar-refractivity contribution in [1.29, 1.82) is 0 Å². The summed E-state index contributed by atoms with van der Waals surface area (Å²) < 4.78 is 27.5. The summed E-state index contributed by atoms with van der Waals surface area (Å²) in [6.45, 7) is 0. The van der Waals surface area contributed by atoms with Gasteiger partial charge < -0.3 is 5.32 Å². The van der Waals surface area contributed by atoms with Gasteiger partial charge in [0.05, 0.1) is 21.2 Å². The van der Waals surface area contributed by atoms with Crippen LogP contribution in [0.5, 0.6) is 0 Å². The number of hydrogen-bond acceptors (Lipinski definition) is 4. The molecule has 1 amide bonds. The molecule has 0 atom stereocenters. The van der Waals surface area contributed by atoms with Crippen molar-refractivity contribution in [1.82, 2.24) is 0 Å². The van der Waals surface area contributed by atoms with Crippen molar-refractivity contribution in [2.24, 2.45) is 0 Å². The number of hydrogen-bond donors (Lipinski definition) is 1. The Morgan fingerprint density at radius 2 is 1.63 bits per heavy atom. The molecule has 3 aromatic carbocycles. The normalized spacial score (nSPS) is 15.0. The molecule has 1 aliphatic heterocycles. The Hall–Kier alpha value is -1.87. The van der Waals surface area contributed by atoms with E-state index in [1.807, 2.05) is 42.5 Å². The van der Waals surface area contributed by atoms with Crippen LogP contribution < -0.4 is 5.32 Å². The summed E-state index contributed by atoms with van der Waals surface area (Å²) >= 11 is 8.15. The third-order valence-electron chi connectivity index (χ3n) is 4.50. The van der Waals surface area contributed by atoms with Gasteiger partial charge in [0, 0.05) is 13.8 Å². The minimum Gasteiger partial charge on any atom is -0.320 e. The molecule has 0 unspecified atom stereocenters. The molecule has 0 spiro atoms. The van der Waals surface area contributed by atoms with E-state index < -0.39 is 9.84 Å². The lowest BCUT2D eigenvalue weighted by Crippen LogP contribution is -2.18. The molecule has 0 saturated heterocycles. The van der Waals surface area contributed by atoms with Gasteiger partial charge in [-0.2, -0.15) is 0 Å². The summed E-state index contributed by atoms with van der Waals surface area (Å²) in [5.74, 6) is -0.409. The van der Waals surface area contributed by atoms with Crippen LogP contribution in [0.3, 0.4) is 0 Å². The summed E-state index contributed by atoms with van der Waals surface area (Å²) in [6.07, 6.45) is 1.82. The summed E-state index contributed by atoms with van der Waals surface area (Å²) in [7, 11) is -3.61. The monoisotopic (exact) mass is 563 g/mol. The smallest absolute Gasteiger partial charge is 0.262 e. The quantitative estimate of drug-likeness (QED) is 0.379. The first-order valence-corrected chi connectivity index (χ1v) is 12.9. The van der Waals surface area contributed by atoms with Gasteiger partial charge in [-0.1, -0.05) is 80.0 Å². The predicted octanol–water partition coefficient (Wildman–Crippen LogP) is 6.27. The molecular weight excluding hydrogens is 550 g/mol. The van der Waals surface area contributed by atoms with E-state index in [4.69, 9.17) is 0 Å². The second-order valence-electron chi connectivity index (χ2n) is 6.59. The average Bonchev–Trinajstić information content (AvgIpc) is 2.72.